The van der Waals surface area contributed by atoms with Crippen LogP contribution in [-0.4, -0.2) is 23.0 Å². The molecule has 1 saturated carbocycles. The third kappa shape index (κ3) is 3.94. The first kappa shape index (κ1) is 16.8. The molecule has 0 spiro atoms. The molecule has 0 saturated heterocycles. The Balaban J connectivity index is 1.46. The lowest BCUT2D eigenvalue weighted by atomic mass is 10.2. The number of nitrogens with zero attached hydrogens (tertiary/aromatic N) is 2. The number of benzene rings is 2. The maximum atomic E-state index is 13.1. The number of oxazole rings is 1. The van der Waals surface area contributed by atoms with E-state index < -0.39 is 0 Å². The van der Waals surface area contributed by atoms with Gasteiger partial charge in [0.15, 0.2) is 0 Å². The van der Waals surface area contributed by atoms with E-state index in [2.05, 4.69) is 22.0 Å². The molecule has 5 heteroatoms. The van der Waals surface area contributed by atoms with Crippen LogP contribution in [0.25, 0.3) is 11.5 Å². The van der Waals surface area contributed by atoms with Gasteiger partial charge in [-0.25, -0.2) is 9.37 Å². The van der Waals surface area contributed by atoms with Gasteiger partial charge < -0.3 is 9.15 Å². The van der Waals surface area contributed by atoms with Gasteiger partial charge in [0.25, 0.3) is 0 Å². The monoisotopic (exact) mass is 352 g/mol. The second kappa shape index (κ2) is 7.30. The second-order valence-corrected chi connectivity index (χ2v) is 6.64. The zero-order valence-electron chi connectivity index (χ0n) is 14.7. The predicted molar refractivity (Wildman–Crippen MR) is 97.2 cm³/mol. The van der Waals surface area contributed by atoms with Gasteiger partial charge >= 0.3 is 0 Å². The van der Waals surface area contributed by atoms with Crippen molar-refractivity contribution in [2.24, 2.45) is 0 Å². The summed E-state index contributed by atoms with van der Waals surface area (Å²) in [6.07, 6.45) is 4.14. The van der Waals surface area contributed by atoms with Crippen molar-refractivity contribution in [1.82, 2.24) is 9.88 Å². The van der Waals surface area contributed by atoms with Crippen molar-refractivity contribution in [3.63, 3.8) is 0 Å². The Hall–Kier alpha value is -2.66. The Labute approximate surface area is 152 Å². The molecule has 134 valence electrons. The molecule has 0 N–H and O–H groups in total. The lowest BCUT2D eigenvalue weighted by Crippen LogP contribution is -2.25. The molecule has 0 unspecified atom stereocenters. The van der Waals surface area contributed by atoms with E-state index in [0.717, 1.165) is 30.1 Å². The van der Waals surface area contributed by atoms with Crippen LogP contribution in [0.1, 0.15) is 24.1 Å². The number of aromatic nitrogens is 1. The van der Waals surface area contributed by atoms with Crippen LogP contribution in [0, 0.1) is 5.82 Å². The summed E-state index contributed by atoms with van der Waals surface area (Å²) in [5.41, 5.74) is 2.93. The van der Waals surface area contributed by atoms with Crippen LogP contribution in [0.2, 0.25) is 0 Å². The van der Waals surface area contributed by atoms with Gasteiger partial charge in [-0.05, 0) is 54.8 Å². The molecule has 0 bridgehead atoms. The van der Waals surface area contributed by atoms with Crippen LogP contribution >= 0.6 is 0 Å². The first-order chi connectivity index (χ1) is 12.7. The minimum Gasteiger partial charge on any atom is -0.497 e. The summed E-state index contributed by atoms with van der Waals surface area (Å²) in [5.74, 6) is 1.13. The quantitative estimate of drug-likeness (QED) is 0.620. The number of methoxy groups -OCH3 is 1. The molecular weight excluding hydrogens is 331 g/mol. The molecule has 4 nitrogen and oxygen atoms in total. The average Bonchev–Trinajstić information content (AvgIpc) is 3.42. The standard InChI is InChI=1S/C21H21FN2O2/c1-25-20-10-2-15(3-11-20)12-24(19-8-9-19)13-18-14-26-21(23-18)16-4-6-17(22)7-5-16/h2-7,10-11,14,19H,8-9,12-13H2,1H3. The first-order valence-electron chi connectivity index (χ1n) is 8.78. The van der Waals surface area contributed by atoms with E-state index in [-0.39, 0.29) is 5.82 Å². The Morgan fingerprint density at radius 3 is 2.46 bits per heavy atom. The highest BCUT2D eigenvalue weighted by atomic mass is 19.1. The summed E-state index contributed by atoms with van der Waals surface area (Å²) >= 11 is 0. The Bertz CT molecular complexity index is 854. The highest BCUT2D eigenvalue weighted by Gasteiger charge is 2.29. The highest BCUT2D eigenvalue weighted by molar-refractivity contribution is 5.52. The van der Waals surface area contributed by atoms with E-state index >= 15 is 0 Å². The number of rotatable bonds is 7. The molecule has 0 atom stereocenters. The summed E-state index contributed by atoms with van der Waals surface area (Å²) in [6.45, 7) is 1.61. The fourth-order valence-corrected chi connectivity index (χ4v) is 3.03. The molecule has 4 rings (SSSR count). The smallest absolute Gasteiger partial charge is 0.226 e. The average molecular weight is 352 g/mol. The van der Waals surface area contributed by atoms with Gasteiger partial charge in [0.05, 0.1) is 12.8 Å². The molecule has 3 aromatic rings. The topological polar surface area (TPSA) is 38.5 Å². The van der Waals surface area contributed by atoms with Crippen LogP contribution in [0.15, 0.2) is 59.2 Å². The molecule has 26 heavy (non-hydrogen) atoms. The van der Waals surface area contributed by atoms with Crippen LogP contribution in [0.3, 0.4) is 0 Å². The van der Waals surface area contributed by atoms with Gasteiger partial charge in [-0.15, -0.1) is 0 Å². The molecule has 1 aliphatic carbocycles. The van der Waals surface area contributed by atoms with E-state index in [1.165, 1.54) is 30.5 Å². The number of ether oxygens (including phenoxy) is 1. The normalized spacial score (nSPS) is 14.0. The fraction of sp³-hybridized carbons (Fsp3) is 0.286. The lowest BCUT2D eigenvalue weighted by Gasteiger charge is -2.20. The molecule has 0 radical (unpaired) electrons. The minimum atomic E-state index is -0.264. The Morgan fingerprint density at radius 2 is 1.81 bits per heavy atom. The molecule has 1 aliphatic rings. The third-order valence-electron chi connectivity index (χ3n) is 4.62. The molecule has 0 aliphatic heterocycles. The molecule has 1 aromatic heterocycles. The van der Waals surface area contributed by atoms with E-state index in [9.17, 15) is 4.39 Å². The highest BCUT2D eigenvalue weighted by Crippen LogP contribution is 2.30. The molecule has 1 heterocycles. The van der Waals surface area contributed by atoms with E-state index in [1.807, 2.05) is 12.1 Å². The fourth-order valence-electron chi connectivity index (χ4n) is 3.03. The Morgan fingerprint density at radius 1 is 1.08 bits per heavy atom. The van der Waals surface area contributed by atoms with E-state index in [0.29, 0.717) is 11.9 Å². The van der Waals surface area contributed by atoms with Crippen molar-refractivity contribution in [3.8, 4) is 17.2 Å². The second-order valence-electron chi connectivity index (χ2n) is 6.64. The summed E-state index contributed by atoms with van der Waals surface area (Å²) in [4.78, 5) is 7.00. The summed E-state index contributed by atoms with van der Waals surface area (Å²) < 4.78 is 23.9. The van der Waals surface area contributed by atoms with E-state index in [4.69, 9.17) is 9.15 Å². The molecule has 0 amide bonds. The van der Waals surface area contributed by atoms with Gasteiger partial charge in [0.1, 0.15) is 17.8 Å². The van der Waals surface area contributed by atoms with Gasteiger partial charge in [-0.3, -0.25) is 4.90 Å². The van der Waals surface area contributed by atoms with Gasteiger partial charge in [0.2, 0.25) is 5.89 Å². The van der Waals surface area contributed by atoms with Crippen LogP contribution < -0.4 is 4.74 Å². The number of halogens is 1. The predicted octanol–water partition coefficient (Wildman–Crippen LogP) is 4.65. The first-order valence-corrected chi connectivity index (χ1v) is 8.78. The van der Waals surface area contributed by atoms with Crippen molar-refractivity contribution in [3.05, 3.63) is 71.9 Å². The molecule has 1 fully saturated rings. The minimum absolute atomic E-state index is 0.264. The molecular formula is C21H21FN2O2. The van der Waals surface area contributed by atoms with Crippen LogP contribution in [0.5, 0.6) is 5.75 Å². The van der Waals surface area contributed by atoms with Gasteiger partial charge in [0, 0.05) is 24.7 Å². The van der Waals surface area contributed by atoms with E-state index in [1.54, 1.807) is 25.5 Å². The SMILES string of the molecule is COc1ccc(CN(Cc2coc(-c3ccc(F)cc3)n2)C2CC2)cc1. The summed E-state index contributed by atoms with van der Waals surface area (Å²) in [6, 6.07) is 15.0. The van der Waals surface area contributed by atoms with Crippen LogP contribution in [0.4, 0.5) is 4.39 Å². The maximum Gasteiger partial charge on any atom is 0.226 e. The Kier molecular flexibility index (Phi) is 4.71. The zero-order chi connectivity index (χ0) is 17.9. The van der Waals surface area contributed by atoms with Crippen LogP contribution in [-0.2, 0) is 13.1 Å². The van der Waals surface area contributed by atoms with Crippen molar-refractivity contribution in [2.75, 3.05) is 7.11 Å². The van der Waals surface area contributed by atoms with Gasteiger partial charge in [-0.1, -0.05) is 12.1 Å². The summed E-state index contributed by atoms with van der Waals surface area (Å²) in [5, 5.41) is 0. The number of hydrogen-bond donors (Lipinski definition) is 0. The summed E-state index contributed by atoms with van der Waals surface area (Å²) in [7, 11) is 1.68. The lowest BCUT2D eigenvalue weighted by molar-refractivity contribution is 0.242. The van der Waals surface area contributed by atoms with Crippen molar-refractivity contribution in [2.45, 2.75) is 32.0 Å². The largest absolute Gasteiger partial charge is 0.497 e. The van der Waals surface area contributed by atoms with Crippen molar-refractivity contribution >= 4 is 0 Å². The van der Waals surface area contributed by atoms with Crippen molar-refractivity contribution < 1.29 is 13.5 Å². The van der Waals surface area contributed by atoms with Crippen molar-refractivity contribution in [1.29, 1.82) is 0 Å². The maximum absolute atomic E-state index is 13.1. The molecule has 2 aromatic carbocycles. The third-order valence-corrected chi connectivity index (χ3v) is 4.62. The number of hydrogen-bond acceptors (Lipinski definition) is 4. The zero-order valence-corrected chi connectivity index (χ0v) is 14.7. The van der Waals surface area contributed by atoms with Gasteiger partial charge in [-0.2, -0.15) is 0 Å².